The van der Waals surface area contributed by atoms with Crippen molar-refractivity contribution in [1.82, 2.24) is 5.16 Å². The van der Waals surface area contributed by atoms with Gasteiger partial charge in [0.25, 0.3) is 0 Å². The Morgan fingerprint density at radius 2 is 1.52 bits per heavy atom. The van der Waals surface area contributed by atoms with Gasteiger partial charge in [0.1, 0.15) is 10.6 Å². The van der Waals surface area contributed by atoms with Crippen LogP contribution in [-0.2, 0) is 16.4 Å². The maximum Gasteiger partial charge on any atom is 0.212 e. The van der Waals surface area contributed by atoms with Crippen molar-refractivity contribution in [1.29, 1.82) is 0 Å². The fraction of sp³-hybridized carbons (Fsp3) is 0.160. The van der Waals surface area contributed by atoms with Crippen LogP contribution >= 0.6 is 0 Å². The van der Waals surface area contributed by atoms with Crippen molar-refractivity contribution in [2.24, 2.45) is 0 Å². The Balaban J connectivity index is 2.02. The molecule has 0 saturated heterocycles. The smallest absolute Gasteiger partial charge is 0.212 e. The monoisotopic (exact) mass is 433 g/mol. The third-order valence-corrected chi connectivity index (χ3v) is 7.09. The van der Waals surface area contributed by atoms with Gasteiger partial charge in [-0.05, 0) is 49.6 Å². The SMILES string of the molecule is Cc1cc(C)c(-c2noc(-c3ccccc3)c2S(=O)(=O)c2ccc(CO)cc2)c(C)c1. The van der Waals surface area contributed by atoms with Gasteiger partial charge in [0, 0.05) is 11.1 Å². The molecular formula is C25H23NO4S. The van der Waals surface area contributed by atoms with Crippen molar-refractivity contribution in [2.45, 2.75) is 37.2 Å². The average molecular weight is 434 g/mol. The van der Waals surface area contributed by atoms with Crippen LogP contribution in [0.4, 0.5) is 0 Å². The molecule has 0 atom stereocenters. The fourth-order valence-electron chi connectivity index (χ4n) is 3.91. The molecular weight excluding hydrogens is 410 g/mol. The van der Waals surface area contributed by atoms with E-state index in [1.165, 1.54) is 12.1 Å². The number of aryl methyl sites for hydroxylation is 3. The van der Waals surface area contributed by atoms with Gasteiger partial charge in [0.15, 0.2) is 5.76 Å². The van der Waals surface area contributed by atoms with Crippen LogP contribution in [0.15, 0.2) is 81.0 Å². The summed E-state index contributed by atoms with van der Waals surface area (Å²) >= 11 is 0. The van der Waals surface area contributed by atoms with E-state index in [0.29, 0.717) is 16.8 Å². The second-order valence-electron chi connectivity index (χ2n) is 7.63. The highest BCUT2D eigenvalue weighted by Gasteiger charge is 2.32. The lowest BCUT2D eigenvalue weighted by Gasteiger charge is -2.12. The van der Waals surface area contributed by atoms with Crippen LogP contribution in [0.5, 0.6) is 0 Å². The number of rotatable bonds is 5. The summed E-state index contributed by atoms with van der Waals surface area (Å²) in [6.45, 7) is 5.73. The van der Waals surface area contributed by atoms with Crippen molar-refractivity contribution >= 4 is 9.84 Å². The molecule has 158 valence electrons. The third kappa shape index (κ3) is 3.80. The lowest BCUT2D eigenvalue weighted by molar-refractivity contribution is 0.282. The molecule has 6 heteroatoms. The Hall–Kier alpha value is -3.22. The first-order chi connectivity index (χ1) is 14.8. The van der Waals surface area contributed by atoms with Gasteiger partial charge in [-0.15, -0.1) is 0 Å². The lowest BCUT2D eigenvalue weighted by Crippen LogP contribution is -2.05. The number of hydrogen-bond acceptors (Lipinski definition) is 5. The van der Waals surface area contributed by atoms with E-state index < -0.39 is 9.84 Å². The minimum atomic E-state index is -3.96. The van der Waals surface area contributed by atoms with E-state index in [4.69, 9.17) is 4.52 Å². The maximum atomic E-state index is 13.8. The van der Waals surface area contributed by atoms with Crippen LogP contribution in [-0.4, -0.2) is 18.7 Å². The molecule has 0 aliphatic heterocycles. The molecule has 5 nitrogen and oxygen atoms in total. The molecule has 1 N–H and O–H groups in total. The zero-order valence-electron chi connectivity index (χ0n) is 17.6. The summed E-state index contributed by atoms with van der Waals surface area (Å²) in [6.07, 6.45) is 0. The highest BCUT2D eigenvalue weighted by Crippen LogP contribution is 2.41. The zero-order chi connectivity index (χ0) is 22.2. The first kappa shape index (κ1) is 21.0. The van der Waals surface area contributed by atoms with Gasteiger partial charge in [-0.3, -0.25) is 0 Å². The average Bonchev–Trinajstić information content (AvgIpc) is 3.19. The van der Waals surface area contributed by atoms with E-state index in [1.54, 1.807) is 24.3 Å². The maximum absolute atomic E-state index is 13.8. The van der Waals surface area contributed by atoms with E-state index in [1.807, 2.05) is 51.1 Å². The first-order valence-corrected chi connectivity index (χ1v) is 11.4. The lowest BCUT2D eigenvalue weighted by atomic mass is 9.97. The summed E-state index contributed by atoms with van der Waals surface area (Å²) < 4.78 is 33.3. The number of hydrogen-bond donors (Lipinski definition) is 1. The number of benzene rings is 3. The van der Waals surface area contributed by atoms with Crippen LogP contribution in [0, 0.1) is 20.8 Å². The van der Waals surface area contributed by atoms with Gasteiger partial charge < -0.3 is 9.63 Å². The van der Waals surface area contributed by atoms with Gasteiger partial charge in [0.05, 0.1) is 11.5 Å². The minimum Gasteiger partial charge on any atom is -0.392 e. The molecule has 0 bridgehead atoms. The normalized spacial score (nSPS) is 11.6. The van der Waals surface area contributed by atoms with E-state index in [0.717, 1.165) is 22.3 Å². The van der Waals surface area contributed by atoms with Crippen molar-refractivity contribution in [3.05, 3.63) is 89.0 Å². The molecule has 0 saturated carbocycles. The van der Waals surface area contributed by atoms with Crippen LogP contribution in [0.3, 0.4) is 0 Å². The Morgan fingerprint density at radius 1 is 0.903 bits per heavy atom. The summed E-state index contributed by atoms with van der Waals surface area (Å²) in [5.41, 5.74) is 5.28. The highest BCUT2D eigenvalue weighted by atomic mass is 32.2. The molecule has 4 aromatic rings. The molecule has 1 heterocycles. The summed E-state index contributed by atoms with van der Waals surface area (Å²) in [4.78, 5) is 0.166. The standard InChI is InChI=1S/C25H23NO4S/c1-16-13-17(2)22(18(3)14-16)23-25(24(30-26-23)20-7-5-4-6-8-20)31(28,29)21-11-9-19(15-27)10-12-21/h4-14,27H,15H2,1-3H3. The topological polar surface area (TPSA) is 80.4 Å². The summed E-state index contributed by atoms with van der Waals surface area (Å²) in [5, 5.41) is 13.6. The molecule has 0 aliphatic carbocycles. The predicted molar refractivity (Wildman–Crippen MR) is 119 cm³/mol. The summed E-state index contributed by atoms with van der Waals surface area (Å²) in [7, 11) is -3.96. The van der Waals surface area contributed by atoms with Gasteiger partial charge in [-0.25, -0.2) is 8.42 Å². The summed E-state index contributed by atoms with van der Waals surface area (Å²) in [6, 6.07) is 19.3. The zero-order valence-corrected chi connectivity index (χ0v) is 18.4. The van der Waals surface area contributed by atoms with Crippen molar-refractivity contribution in [3.63, 3.8) is 0 Å². The largest absolute Gasteiger partial charge is 0.392 e. The Labute approximate surface area is 181 Å². The number of aromatic nitrogens is 1. The molecule has 0 amide bonds. The predicted octanol–water partition coefficient (Wildman–Crippen LogP) is 5.26. The van der Waals surface area contributed by atoms with E-state index >= 15 is 0 Å². The molecule has 0 spiro atoms. The van der Waals surface area contributed by atoms with E-state index in [-0.39, 0.29) is 22.2 Å². The molecule has 0 aliphatic rings. The number of sulfone groups is 1. The fourth-order valence-corrected chi connectivity index (χ4v) is 5.43. The van der Waals surface area contributed by atoms with E-state index in [9.17, 15) is 13.5 Å². The number of aliphatic hydroxyl groups is 1. The minimum absolute atomic E-state index is 0.0468. The Morgan fingerprint density at radius 3 is 2.10 bits per heavy atom. The highest BCUT2D eigenvalue weighted by molar-refractivity contribution is 7.91. The van der Waals surface area contributed by atoms with Gasteiger partial charge >= 0.3 is 0 Å². The Kier molecular flexibility index (Phi) is 5.52. The van der Waals surface area contributed by atoms with Crippen LogP contribution in [0.2, 0.25) is 0 Å². The Bertz CT molecular complexity index is 1320. The molecule has 0 fully saturated rings. The van der Waals surface area contributed by atoms with Crippen molar-refractivity contribution in [3.8, 4) is 22.6 Å². The van der Waals surface area contributed by atoms with Crippen molar-refractivity contribution < 1.29 is 18.0 Å². The second-order valence-corrected chi connectivity index (χ2v) is 9.52. The van der Waals surface area contributed by atoms with E-state index in [2.05, 4.69) is 5.16 Å². The van der Waals surface area contributed by atoms with Crippen molar-refractivity contribution in [2.75, 3.05) is 0 Å². The summed E-state index contributed by atoms with van der Waals surface area (Å²) in [5.74, 6) is 0.209. The molecule has 1 aromatic heterocycles. The van der Waals surface area contributed by atoms with Crippen LogP contribution < -0.4 is 0 Å². The molecule has 31 heavy (non-hydrogen) atoms. The molecule has 3 aromatic carbocycles. The quantitative estimate of drug-likeness (QED) is 0.464. The molecule has 0 unspecified atom stereocenters. The van der Waals surface area contributed by atoms with Gasteiger partial charge in [-0.2, -0.15) is 0 Å². The first-order valence-electron chi connectivity index (χ1n) is 9.91. The number of aliphatic hydroxyl groups excluding tert-OH is 1. The van der Waals surface area contributed by atoms with Crippen LogP contribution in [0.1, 0.15) is 22.3 Å². The second kappa shape index (κ2) is 8.13. The van der Waals surface area contributed by atoms with Gasteiger partial charge in [0.2, 0.25) is 9.84 Å². The molecule has 0 radical (unpaired) electrons. The van der Waals surface area contributed by atoms with Gasteiger partial charge in [-0.1, -0.05) is 65.3 Å². The third-order valence-electron chi connectivity index (χ3n) is 5.28. The molecule has 4 rings (SSSR count). The van der Waals surface area contributed by atoms with Crippen LogP contribution in [0.25, 0.3) is 22.6 Å². The number of nitrogens with zero attached hydrogens (tertiary/aromatic N) is 1.